The monoisotopic (exact) mass is 594 g/mol. The van der Waals surface area contributed by atoms with Gasteiger partial charge in [0.25, 0.3) is 0 Å². The van der Waals surface area contributed by atoms with Crippen LogP contribution >= 0.6 is 0 Å². The zero-order chi connectivity index (χ0) is 30.7. The van der Waals surface area contributed by atoms with Crippen LogP contribution in [0, 0.1) is 6.92 Å². The van der Waals surface area contributed by atoms with Crippen LogP contribution in [0.25, 0.3) is 5.69 Å². The second-order valence-corrected chi connectivity index (χ2v) is 12.7. The first-order valence-electron chi connectivity index (χ1n) is 15.5. The van der Waals surface area contributed by atoms with Crippen molar-refractivity contribution >= 4 is 11.8 Å². The number of nitrogens with one attached hydrogen (secondary N) is 2. The minimum Gasteiger partial charge on any atom is -0.484 e. The number of urea groups is 1. The highest BCUT2D eigenvalue weighted by Gasteiger charge is 2.30. The Morgan fingerprint density at radius 1 is 1.00 bits per heavy atom. The quantitative estimate of drug-likeness (QED) is 0.254. The molecule has 1 fully saturated rings. The van der Waals surface area contributed by atoms with E-state index in [1.807, 2.05) is 60.8 Å². The zero-order valence-corrected chi connectivity index (χ0v) is 26.0. The summed E-state index contributed by atoms with van der Waals surface area (Å²) < 4.78 is 13.7. The molecule has 2 amide bonds. The molecule has 6 rings (SSSR count). The molecule has 0 radical (unpaired) electrons. The Kier molecular flexibility index (Phi) is 8.68. The maximum absolute atomic E-state index is 13.4. The van der Waals surface area contributed by atoms with Crippen LogP contribution < -0.4 is 15.4 Å². The Hall–Kier alpha value is -4.21. The molecular formula is C35H42N6O3. The van der Waals surface area contributed by atoms with Gasteiger partial charge in [0.05, 0.1) is 42.5 Å². The van der Waals surface area contributed by atoms with E-state index in [0.717, 1.165) is 79.6 Å². The van der Waals surface area contributed by atoms with Gasteiger partial charge in [-0.05, 0) is 55.2 Å². The highest BCUT2D eigenvalue weighted by atomic mass is 16.5. The van der Waals surface area contributed by atoms with E-state index in [-0.39, 0.29) is 23.6 Å². The number of carbonyl (C=O) groups excluding carboxylic acids is 1. The Morgan fingerprint density at radius 3 is 2.45 bits per heavy atom. The molecule has 9 nitrogen and oxygen atoms in total. The molecule has 4 aromatic rings. The summed E-state index contributed by atoms with van der Waals surface area (Å²) in [7, 11) is 0. The lowest BCUT2D eigenvalue weighted by atomic mass is 9.85. The second-order valence-electron chi connectivity index (χ2n) is 12.7. The van der Waals surface area contributed by atoms with Gasteiger partial charge in [-0.1, -0.05) is 62.7 Å². The largest absolute Gasteiger partial charge is 0.484 e. The summed E-state index contributed by atoms with van der Waals surface area (Å²) >= 11 is 0. The summed E-state index contributed by atoms with van der Waals surface area (Å²) in [6, 6.07) is 21.9. The molecule has 3 heterocycles. The van der Waals surface area contributed by atoms with E-state index >= 15 is 0 Å². The normalized spacial score (nSPS) is 18.8. The molecule has 1 aliphatic heterocycles. The molecule has 1 saturated heterocycles. The summed E-state index contributed by atoms with van der Waals surface area (Å²) in [6.07, 6.45) is 3.23. The van der Waals surface area contributed by atoms with Gasteiger partial charge in [-0.15, -0.1) is 0 Å². The van der Waals surface area contributed by atoms with Crippen LogP contribution in [-0.4, -0.2) is 52.0 Å². The van der Waals surface area contributed by atoms with E-state index in [4.69, 9.17) is 14.6 Å². The molecule has 2 aromatic carbocycles. The van der Waals surface area contributed by atoms with Crippen molar-refractivity contribution in [2.24, 2.45) is 0 Å². The number of nitrogens with zero attached hydrogens (tertiary/aromatic N) is 4. The predicted molar refractivity (Wildman–Crippen MR) is 171 cm³/mol. The topological polar surface area (TPSA) is 93.5 Å². The minimum atomic E-state index is -0.266. The van der Waals surface area contributed by atoms with E-state index in [2.05, 4.69) is 60.3 Å². The van der Waals surface area contributed by atoms with Gasteiger partial charge in [0.2, 0.25) is 0 Å². The van der Waals surface area contributed by atoms with Crippen molar-refractivity contribution in [2.75, 3.05) is 31.6 Å². The standard InChI is InChI=1S/C35H42N6O3/c1-24-9-12-26(13-10-24)41-33(21-32(39-41)35(2,3)4)38-34(42)37-30-15-16-31(29-8-6-5-7-28(29)30)44-27-14-11-25(36-22-27)23-40-17-19-43-20-18-40/h5-14,21-22,30-31H,15-20,23H2,1-4H3,(H2,37,38,42). The summed E-state index contributed by atoms with van der Waals surface area (Å²) in [4.78, 5) is 20.4. The Morgan fingerprint density at radius 2 is 1.75 bits per heavy atom. The predicted octanol–water partition coefficient (Wildman–Crippen LogP) is 6.48. The fraction of sp³-hybridized carbons (Fsp3) is 0.400. The summed E-state index contributed by atoms with van der Waals surface area (Å²) in [5.74, 6) is 1.38. The van der Waals surface area contributed by atoms with Gasteiger partial charge in [-0.2, -0.15) is 5.10 Å². The Bertz CT molecular complexity index is 1570. The van der Waals surface area contributed by atoms with Gasteiger partial charge >= 0.3 is 6.03 Å². The molecule has 2 aliphatic rings. The van der Waals surface area contributed by atoms with E-state index in [0.29, 0.717) is 5.82 Å². The van der Waals surface area contributed by atoms with Crippen molar-refractivity contribution in [3.8, 4) is 11.4 Å². The van der Waals surface area contributed by atoms with Crippen molar-refractivity contribution in [2.45, 2.75) is 64.6 Å². The summed E-state index contributed by atoms with van der Waals surface area (Å²) in [5.41, 5.74) is 5.97. The number of rotatable bonds is 7. The fourth-order valence-electron chi connectivity index (χ4n) is 5.78. The smallest absolute Gasteiger partial charge is 0.320 e. The van der Waals surface area contributed by atoms with Crippen LogP contribution in [0.1, 0.15) is 73.8 Å². The maximum atomic E-state index is 13.4. The molecule has 0 spiro atoms. The first kappa shape index (κ1) is 29.8. The van der Waals surface area contributed by atoms with Crippen molar-refractivity contribution in [3.05, 3.63) is 101 Å². The van der Waals surface area contributed by atoms with Gasteiger partial charge < -0.3 is 14.8 Å². The molecule has 44 heavy (non-hydrogen) atoms. The van der Waals surface area contributed by atoms with Crippen LogP contribution in [0.5, 0.6) is 5.75 Å². The summed E-state index contributed by atoms with van der Waals surface area (Å²) in [6.45, 7) is 12.6. The van der Waals surface area contributed by atoms with E-state index < -0.39 is 0 Å². The molecule has 9 heteroatoms. The molecule has 2 atom stereocenters. The Labute approximate surface area is 259 Å². The van der Waals surface area contributed by atoms with Crippen LogP contribution in [0.2, 0.25) is 0 Å². The number of fused-ring (bicyclic) bond motifs is 1. The first-order chi connectivity index (χ1) is 21.2. The lowest BCUT2D eigenvalue weighted by molar-refractivity contribution is 0.0336. The molecular weight excluding hydrogens is 552 g/mol. The average molecular weight is 595 g/mol. The molecule has 230 valence electrons. The second kappa shape index (κ2) is 12.8. The van der Waals surface area contributed by atoms with Gasteiger partial charge in [-0.3, -0.25) is 15.2 Å². The number of benzene rings is 2. The number of morpholine rings is 1. The van der Waals surface area contributed by atoms with Gasteiger partial charge in [-0.25, -0.2) is 9.48 Å². The number of carbonyl (C=O) groups is 1. The van der Waals surface area contributed by atoms with Crippen molar-refractivity contribution < 1.29 is 14.3 Å². The highest BCUT2D eigenvalue weighted by Crippen LogP contribution is 2.39. The van der Waals surface area contributed by atoms with Crippen LogP contribution in [0.4, 0.5) is 10.6 Å². The molecule has 0 saturated carbocycles. The minimum absolute atomic E-state index is 0.114. The third-order valence-corrected chi connectivity index (χ3v) is 8.30. The van der Waals surface area contributed by atoms with Crippen molar-refractivity contribution in [1.82, 2.24) is 25.0 Å². The number of anilines is 1. The van der Waals surface area contributed by atoms with E-state index in [1.165, 1.54) is 5.56 Å². The third-order valence-electron chi connectivity index (χ3n) is 8.30. The number of hydrogen-bond acceptors (Lipinski definition) is 6. The highest BCUT2D eigenvalue weighted by molar-refractivity contribution is 5.89. The summed E-state index contributed by atoms with van der Waals surface area (Å²) in [5, 5.41) is 11.1. The van der Waals surface area contributed by atoms with Crippen molar-refractivity contribution in [3.63, 3.8) is 0 Å². The molecule has 1 aliphatic carbocycles. The maximum Gasteiger partial charge on any atom is 0.320 e. The van der Waals surface area contributed by atoms with Crippen LogP contribution in [-0.2, 0) is 16.7 Å². The average Bonchev–Trinajstić information content (AvgIpc) is 3.44. The lowest BCUT2D eigenvalue weighted by Gasteiger charge is -2.32. The number of aromatic nitrogens is 3. The Balaban J connectivity index is 1.13. The number of ether oxygens (including phenoxy) is 2. The number of pyridine rings is 1. The molecule has 2 unspecified atom stereocenters. The van der Waals surface area contributed by atoms with E-state index in [1.54, 1.807) is 4.68 Å². The van der Waals surface area contributed by atoms with E-state index in [9.17, 15) is 4.79 Å². The van der Waals surface area contributed by atoms with Gasteiger partial charge in [0.15, 0.2) is 0 Å². The number of amides is 2. The van der Waals surface area contributed by atoms with Gasteiger partial charge in [0, 0.05) is 31.1 Å². The zero-order valence-electron chi connectivity index (χ0n) is 26.0. The SMILES string of the molecule is Cc1ccc(-n2nc(C(C)(C)C)cc2NC(=O)NC2CCC(Oc3ccc(CN4CCOCC4)nc3)c3ccccc32)cc1. The molecule has 2 N–H and O–H groups in total. The van der Waals surface area contributed by atoms with Crippen molar-refractivity contribution in [1.29, 1.82) is 0 Å². The number of hydrogen-bond donors (Lipinski definition) is 2. The van der Waals surface area contributed by atoms with Crippen LogP contribution in [0.15, 0.2) is 72.9 Å². The first-order valence-corrected chi connectivity index (χ1v) is 15.5. The van der Waals surface area contributed by atoms with Gasteiger partial charge in [0.1, 0.15) is 17.7 Å². The molecule has 0 bridgehead atoms. The lowest BCUT2D eigenvalue weighted by Crippen LogP contribution is -2.36. The molecule has 2 aromatic heterocycles. The third kappa shape index (κ3) is 6.95. The number of aryl methyl sites for hydroxylation is 1. The van der Waals surface area contributed by atoms with Crippen LogP contribution in [0.3, 0.4) is 0 Å². The fourth-order valence-corrected chi connectivity index (χ4v) is 5.78.